The fourth-order valence-electron chi connectivity index (χ4n) is 3.92. The van der Waals surface area contributed by atoms with Gasteiger partial charge in [-0.15, -0.1) is 0 Å². The van der Waals surface area contributed by atoms with Crippen molar-refractivity contribution >= 4 is 34.7 Å². The molecule has 1 aliphatic heterocycles. The molecule has 1 heterocycles. The van der Waals surface area contributed by atoms with Gasteiger partial charge < -0.3 is 14.6 Å². The van der Waals surface area contributed by atoms with E-state index in [1.54, 1.807) is 66.7 Å². The van der Waals surface area contributed by atoms with Crippen molar-refractivity contribution < 1.29 is 24.2 Å². The molecule has 7 heteroatoms. The van der Waals surface area contributed by atoms with Gasteiger partial charge in [0.05, 0.1) is 25.8 Å². The summed E-state index contributed by atoms with van der Waals surface area (Å²) in [5.74, 6) is -0.874. The van der Waals surface area contributed by atoms with Crippen LogP contribution in [0.5, 0.6) is 11.5 Å². The minimum atomic E-state index is -0.940. The summed E-state index contributed by atoms with van der Waals surface area (Å²) in [6, 6.07) is 17.9. The van der Waals surface area contributed by atoms with Gasteiger partial charge in [0, 0.05) is 27.9 Å². The Morgan fingerprint density at radius 3 is 2.33 bits per heavy atom. The lowest BCUT2D eigenvalue weighted by atomic mass is 9.94. The third-order valence-electron chi connectivity index (χ3n) is 5.66. The first-order valence-corrected chi connectivity index (χ1v) is 10.6. The van der Waals surface area contributed by atoms with E-state index in [9.17, 15) is 14.7 Å². The van der Waals surface area contributed by atoms with Crippen LogP contribution in [0.15, 0.2) is 72.3 Å². The fraction of sp³-hybridized carbons (Fsp3) is 0.154. The van der Waals surface area contributed by atoms with Crippen molar-refractivity contribution in [2.75, 3.05) is 19.1 Å². The Kier molecular flexibility index (Phi) is 6.11. The first-order chi connectivity index (χ1) is 15.9. The second-order valence-corrected chi connectivity index (χ2v) is 7.98. The summed E-state index contributed by atoms with van der Waals surface area (Å²) < 4.78 is 10.9. The first-order valence-electron chi connectivity index (χ1n) is 10.2. The van der Waals surface area contributed by atoms with Crippen molar-refractivity contribution in [1.29, 1.82) is 0 Å². The van der Waals surface area contributed by atoms with Crippen LogP contribution in [-0.4, -0.2) is 31.0 Å². The number of Topliss-reactive ketones (excluding diaryl/α,β-unsaturated/α-hetero) is 1. The van der Waals surface area contributed by atoms with Crippen molar-refractivity contribution in [1.82, 2.24) is 0 Å². The quantitative estimate of drug-likeness (QED) is 0.316. The van der Waals surface area contributed by atoms with Gasteiger partial charge in [0.25, 0.3) is 11.7 Å². The van der Waals surface area contributed by atoms with Crippen molar-refractivity contribution in [3.63, 3.8) is 0 Å². The van der Waals surface area contributed by atoms with Crippen LogP contribution in [-0.2, 0) is 9.59 Å². The highest BCUT2D eigenvalue weighted by Gasteiger charge is 2.48. The van der Waals surface area contributed by atoms with Gasteiger partial charge in [-0.25, -0.2) is 0 Å². The van der Waals surface area contributed by atoms with Crippen LogP contribution in [0.3, 0.4) is 0 Å². The second-order valence-electron chi connectivity index (χ2n) is 7.58. The molecule has 0 aliphatic carbocycles. The number of ketones is 1. The van der Waals surface area contributed by atoms with Gasteiger partial charge in [0.2, 0.25) is 0 Å². The average Bonchev–Trinajstić information content (AvgIpc) is 3.10. The van der Waals surface area contributed by atoms with E-state index in [1.807, 2.05) is 6.92 Å². The summed E-state index contributed by atoms with van der Waals surface area (Å²) in [5.41, 5.74) is 2.18. The molecule has 1 N–H and O–H groups in total. The topological polar surface area (TPSA) is 76.1 Å². The summed E-state index contributed by atoms with van der Waals surface area (Å²) in [5, 5.41) is 11.6. The lowest BCUT2D eigenvalue weighted by Crippen LogP contribution is -2.29. The Bertz CT molecular complexity index is 1270. The predicted molar refractivity (Wildman–Crippen MR) is 127 cm³/mol. The molecule has 4 rings (SSSR count). The van der Waals surface area contributed by atoms with Crippen LogP contribution in [0.2, 0.25) is 5.02 Å². The van der Waals surface area contributed by atoms with Crippen molar-refractivity contribution in [3.05, 3.63) is 94.0 Å². The monoisotopic (exact) mass is 463 g/mol. The zero-order valence-corrected chi connectivity index (χ0v) is 19.1. The molecule has 33 heavy (non-hydrogen) atoms. The lowest BCUT2D eigenvalue weighted by molar-refractivity contribution is -0.132. The number of nitrogens with zero attached hydrogens (tertiary/aromatic N) is 1. The number of hydrogen-bond acceptors (Lipinski definition) is 5. The number of rotatable bonds is 5. The molecule has 6 nitrogen and oxygen atoms in total. The van der Waals surface area contributed by atoms with Gasteiger partial charge in [-0.05, 0) is 36.8 Å². The lowest BCUT2D eigenvalue weighted by Gasteiger charge is -2.27. The summed E-state index contributed by atoms with van der Waals surface area (Å²) in [4.78, 5) is 27.9. The highest BCUT2D eigenvalue weighted by atomic mass is 35.5. The number of amides is 1. The zero-order valence-electron chi connectivity index (χ0n) is 18.3. The number of aliphatic hydroxyl groups is 1. The summed E-state index contributed by atoms with van der Waals surface area (Å²) in [6.07, 6.45) is 0. The number of aryl methyl sites for hydroxylation is 1. The number of hydrogen-bond donors (Lipinski definition) is 1. The van der Waals surface area contributed by atoms with E-state index in [1.165, 1.54) is 19.1 Å². The Morgan fingerprint density at radius 2 is 1.70 bits per heavy atom. The smallest absolute Gasteiger partial charge is 0.300 e. The van der Waals surface area contributed by atoms with Gasteiger partial charge in [-0.1, -0.05) is 48.0 Å². The highest BCUT2D eigenvalue weighted by molar-refractivity contribution is 6.52. The van der Waals surface area contributed by atoms with Crippen molar-refractivity contribution in [2.24, 2.45) is 0 Å². The van der Waals surface area contributed by atoms with Gasteiger partial charge in [0.15, 0.2) is 0 Å². The highest BCUT2D eigenvalue weighted by Crippen LogP contribution is 2.46. The zero-order chi connectivity index (χ0) is 23.7. The van der Waals surface area contributed by atoms with Gasteiger partial charge in [-0.3, -0.25) is 14.5 Å². The molecule has 0 bridgehead atoms. The number of aliphatic hydroxyl groups excluding tert-OH is 1. The number of halogens is 1. The number of anilines is 1. The summed E-state index contributed by atoms with van der Waals surface area (Å²) in [7, 11) is 3.02. The molecule has 1 amide bonds. The maximum absolute atomic E-state index is 13.3. The van der Waals surface area contributed by atoms with Crippen molar-refractivity contribution in [3.8, 4) is 11.5 Å². The molecule has 3 aromatic carbocycles. The normalized spacial score (nSPS) is 17.3. The van der Waals surface area contributed by atoms with E-state index in [0.29, 0.717) is 33.3 Å². The third kappa shape index (κ3) is 3.94. The van der Waals surface area contributed by atoms with E-state index in [2.05, 4.69) is 0 Å². The fourth-order valence-corrected chi connectivity index (χ4v) is 4.10. The van der Waals surface area contributed by atoms with Gasteiger partial charge in [-0.2, -0.15) is 0 Å². The molecule has 0 saturated carbocycles. The minimum absolute atomic E-state index is 0.0358. The van der Waals surface area contributed by atoms with Crippen LogP contribution in [0.25, 0.3) is 5.76 Å². The van der Waals surface area contributed by atoms with Crippen LogP contribution in [0.1, 0.15) is 22.7 Å². The molecule has 0 unspecified atom stereocenters. The number of methoxy groups -OCH3 is 2. The molecule has 0 spiro atoms. The number of ether oxygens (including phenoxy) is 2. The molecule has 1 fully saturated rings. The Morgan fingerprint density at radius 1 is 0.970 bits per heavy atom. The minimum Gasteiger partial charge on any atom is -0.507 e. The molecular formula is C26H22ClNO5. The van der Waals surface area contributed by atoms with Crippen LogP contribution in [0.4, 0.5) is 5.69 Å². The van der Waals surface area contributed by atoms with Gasteiger partial charge >= 0.3 is 0 Å². The van der Waals surface area contributed by atoms with E-state index in [4.69, 9.17) is 21.1 Å². The Balaban J connectivity index is 2.00. The van der Waals surface area contributed by atoms with E-state index >= 15 is 0 Å². The average molecular weight is 464 g/mol. The predicted octanol–water partition coefficient (Wildman–Crippen LogP) is 5.29. The number of benzene rings is 3. The van der Waals surface area contributed by atoms with Crippen LogP contribution < -0.4 is 14.4 Å². The maximum Gasteiger partial charge on any atom is 0.300 e. The SMILES string of the molecule is COc1ccc([C@@H]2/C(=C(\O)c3ccccc3)C(=O)C(=O)N2c2ccc(C)c(Cl)c2)c(OC)c1. The van der Waals surface area contributed by atoms with E-state index in [0.717, 1.165) is 5.56 Å². The first kappa shape index (κ1) is 22.4. The number of carbonyl (C=O) groups is 2. The third-order valence-corrected chi connectivity index (χ3v) is 6.07. The molecular weight excluding hydrogens is 442 g/mol. The maximum atomic E-state index is 13.3. The van der Waals surface area contributed by atoms with E-state index < -0.39 is 17.7 Å². The molecule has 1 saturated heterocycles. The Hall–Kier alpha value is -3.77. The second kappa shape index (κ2) is 9.00. The summed E-state index contributed by atoms with van der Waals surface area (Å²) >= 11 is 6.34. The Labute approximate surface area is 196 Å². The number of carbonyl (C=O) groups excluding carboxylic acids is 2. The molecule has 168 valence electrons. The van der Waals surface area contributed by atoms with Crippen LogP contribution >= 0.6 is 11.6 Å². The largest absolute Gasteiger partial charge is 0.507 e. The summed E-state index contributed by atoms with van der Waals surface area (Å²) in [6.45, 7) is 1.85. The molecule has 0 aromatic heterocycles. The molecule has 1 atom stereocenters. The van der Waals surface area contributed by atoms with Crippen LogP contribution in [0, 0.1) is 6.92 Å². The molecule has 1 aliphatic rings. The van der Waals surface area contributed by atoms with Crippen molar-refractivity contribution in [2.45, 2.75) is 13.0 Å². The molecule has 3 aromatic rings. The van der Waals surface area contributed by atoms with Gasteiger partial charge in [0.1, 0.15) is 17.3 Å². The standard InChI is InChI=1S/C26H22ClNO5/c1-15-9-10-17(13-20(15)27)28-23(19-12-11-18(32-2)14-21(19)33-3)22(25(30)26(28)31)24(29)16-7-5-4-6-8-16/h4-14,23,29H,1-3H3/b24-22+/t23-/m1/s1. The van der Waals surface area contributed by atoms with E-state index in [-0.39, 0.29) is 11.3 Å². The molecule has 0 radical (unpaired) electrons.